The number of carbonyl (C=O) groups excluding carboxylic acids is 1. The summed E-state index contributed by atoms with van der Waals surface area (Å²) in [4.78, 5) is 12.1. The van der Waals surface area contributed by atoms with Gasteiger partial charge >= 0.3 is 0 Å². The van der Waals surface area contributed by atoms with E-state index in [2.05, 4.69) is 26.5 Å². The highest BCUT2D eigenvalue weighted by Crippen LogP contribution is 2.20. The summed E-state index contributed by atoms with van der Waals surface area (Å²) in [5.41, 5.74) is 4.16. The lowest BCUT2D eigenvalue weighted by Crippen LogP contribution is -2.19. The van der Waals surface area contributed by atoms with Crippen LogP contribution in [0.25, 0.3) is 10.8 Å². The number of aromatic hydroxyl groups is 1. The lowest BCUT2D eigenvalue weighted by molar-refractivity contribution is -0.120. The van der Waals surface area contributed by atoms with Gasteiger partial charge in [-0.3, -0.25) is 4.79 Å². The number of hydrogen-bond acceptors (Lipinski definition) is 3. The van der Waals surface area contributed by atoms with E-state index in [4.69, 9.17) is 0 Å². The minimum absolute atomic E-state index is 0.140. The van der Waals surface area contributed by atoms with E-state index >= 15 is 0 Å². The lowest BCUT2D eigenvalue weighted by atomic mass is 10.0. The van der Waals surface area contributed by atoms with Crippen LogP contribution in [-0.4, -0.2) is 17.2 Å². The minimum Gasteiger partial charge on any atom is -0.508 e. The molecular weight excluding hydrogens is 368 g/mol. The molecule has 3 rings (SSSR count). The Bertz CT molecular complexity index is 917. The molecule has 0 aromatic heterocycles. The molecule has 0 aliphatic carbocycles. The number of phenols is 1. The summed E-state index contributed by atoms with van der Waals surface area (Å²) in [5, 5.41) is 15.6. The van der Waals surface area contributed by atoms with E-state index in [1.807, 2.05) is 42.5 Å². The predicted octanol–water partition coefficient (Wildman–Crippen LogP) is 4.00. The number of benzene rings is 3. The van der Waals surface area contributed by atoms with E-state index in [9.17, 15) is 9.90 Å². The number of phenolic OH excluding ortho intramolecular Hbond substituents is 1. The zero-order valence-corrected chi connectivity index (χ0v) is 14.3. The second kappa shape index (κ2) is 7.27. The van der Waals surface area contributed by atoms with Crippen molar-refractivity contribution in [2.24, 2.45) is 5.10 Å². The average molecular weight is 383 g/mol. The highest BCUT2D eigenvalue weighted by atomic mass is 79.9. The first-order valence-electron chi connectivity index (χ1n) is 7.40. The van der Waals surface area contributed by atoms with Crippen molar-refractivity contribution < 1.29 is 9.90 Å². The molecular formula is C19H15BrN2O2. The summed E-state index contributed by atoms with van der Waals surface area (Å²) in [6.45, 7) is 0. The minimum atomic E-state index is -0.195. The topological polar surface area (TPSA) is 61.7 Å². The molecule has 24 heavy (non-hydrogen) atoms. The first kappa shape index (κ1) is 16.2. The predicted molar refractivity (Wildman–Crippen MR) is 99.2 cm³/mol. The van der Waals surface area contributed by atoms with E-state index in [0.717, 1.165) is 20.8 Å². The van der Waals surface area contributed by atoms with E-state index in [1.54, 1.807) is 18.2 Å². The van der Waals surface area contributed by atoms with Crippen molar-refractivity contribution in [3.63, 3.8) is 0 Å². The molecule has 2 N–H and O–H groups in total. The van der Waals surface area contributed by atoms with Crippen LogP contribution in [0, 0.1) is 0 Å². The summed E-state index contributed by atoms with van der Waals surface area (Å²) in [6, 6.07) is 18.7. The molecule has 4 nitrogen and oxygen atoms in total. The van der Waals surface area contributed by atoms with E-state index < -0.39 is 0 Å². The number of rotatable bonds is 4. The fourth-order valence-electron chi connectivity index (χ4n) is 2.46. The summed E-state index contributed by atoms with van der Waals surface area (Å²) in [6.07, 6.45) is 1.74. The van der Waals surface area contributed by atoms with Gasteiger partial charge in [-0.15, -0.1) is 0 Å². The standard InChI is InChI=1S/C19H15BrN2O2/c20-18-9-8-16(23)10-15(18)12-21-22-19(24)11-14-6-3-5-13-4-1-2-7-17(13)14/h1-10,12,23H,11H2,(H,22,24)/b21-12-. The van der Waals surface area contributed by atoms with Crippen LogP contribution < -0.4 is 5.43 Å². The second-order valence-electron chi connectivity index (χ2n) is 5.31. The fourth-order valence-corrected chi connectivity index (χ4v) is 2.81. The molecule has 5 heteroatoms. The number of hydrogen-bond donors (Lipinski definition) is 2. The van der Waals surface area contributed by atoms with Crippen molar-refractivity contribution in [3.8, 4) is 5.75 Å². The molecule has 1 amide bonds. The quantitative estimate of drug-likeness (QED) is 0.529. The van der Waals surface area contributed by atoms with Crippen LogP contribution in [-0.2, 0) is 11.2 Å². The maximum atomic E-state index is 12.1. The third-order valence-corrected chi connectivity index (χ3v) is 4.33. The fraction of sp³-hybridized carbons (Fsp3) is 0.0526. The summed E-state index contributed by atoms with van der Waals surface area (Å²) in [7, 11) is 0. The molecule has 0 bridgehead atoms. The number of halogens is 1. The largest absolute Gasteiger partial charge is 0.508 e. The Morgan fingerprint density at radius 2 is 1.92 bits per heavy atom. The number of nitrogens with one attached hydrogen (secondary N) is 1. The molecule has 120 valence electrons. The van der Waals surface area contributed by atoms with Crippen LogP contribution in [0.1, 0.15) is 11.1 Å². The van der Waals surface area contributed by atoms with Gasteiger partial charge in [-0.2, -0.15) is 5.10 Å². The van der Waals surface area contributed by atoms with Crippen molar-refractivity contribution in [2.75, 3.05) is 0 Å². The summed E-state index contributed by atoms with van der Waals surface area (Å²) < 4.78 is 0.785. The molecule has 0 aliphatic heterocycles. The van der Waals surface area contributed by atoms with Gasteiger partial charge in [0, 0.05) is 10.0 Å². The second-order valence-corrected chi connectivity index (χ2v) is 6.17. The SMILES string of the molecule is O=C(Cc1cccc2ccccc12)N/N=C\c1cc(O)ccc1Br. The normalized spacial score (nSPS) is 11.0. The number of nitrogens with zero attached hydrogens (tertiary/aromatic N) is 1. The van der Waals surface area contributed by atoms with E-state index in [0.29, 0.717) is 5.56 Å². The third-order valence-electron chi connectivity index (χ3n) is 3.60. The Labute approximate surface area is 148 Å². The first-order chi connectivity index (χ1) is 11.6. The van der Waals surface area contributed by atoms with Crippen LogP contribution in [0.5, 0.6) is 5.75 Å². The Balaban J connectivity index is 1.69. The van der Waals surface area contributed by atoms with Gasteiger partial charge < -0.3 is 5.11 Å². The van der Waals surface area contributed by atoms with Crippen LogP contribution in [0.4, 0.5) is 0 Å². The zero-order chi connectivity index (χ0) is 16.9. The van der Waals surface area contributed by atoms with Gasteiger partial charge in [-0.1, -0.05) is 58.4 Å². The van der Waals surface area contributed by atoms with Crippen molar-refractivity contribution in [3.05, 3.63) is 76.3 Å². The maximum Gasteiger partial charge on any atom is 0.244 e. The van der Waals surface area contributed by atoms with Gasteiger partial charge in [0.25, 0.3) is 0 Å². The number of carbonyl (C=O) groups is 1. The molecule has 0 spiro atoms. The molecule has 0 atom stereocenters. The summed E-state index contributed by atoms with van der Waals surface area (Å²) in [5.74, 6) is -0.0550. The third kappa shape index (κ3) is 3.81. The molecule has 0 saturated carbocycles. The molecule has 3 aromatic carbocycles. The van der Waals surface area contributed by atoms with Gasteiger partial charge in [0.05, 0.1) is 12.6 Å². The molecule has 0 aliphatic rings. The molecule has 0 saturated heterocycles. The molecule has 3 aromatic rings. The number of amides is 1. The van der Waals surface area contributed by atoms with Gasteiger partial charge in [0.2, 0.25) is 5.91 Å². The van der Waals surface area contributed by atoms with Gasteiger partial charge in [0.1, 0.15) is 5.75 Å². The van der Waals surface area contributed by atoms with Crippen molar-refractivity contribution in [2.45, 2.75) is 6.42 Å². The van der Waals surface area contributed by atoms with Gasteiger partial charge in [-0.05, 0) is 34.5 Å². The van der Waals surface area contributed by atoms with Gasteiger partial charge in [0.15, 0.2) is 0 Å². The zero-order valence-electron chi connectivity index (χ0n) is 12.7. The Morgan fingerprint density at radius 3 is 2.79 bits per heavy atom. The van der Waals surface area contributed by atoms with Crippen LogP contribution in [0.2, 0.25) is 0 Å². The Morgan fingerprint density at radius 1 is 1.12 bits per heavy atom. The average Bonchev–Trinajstić information content (AvgIpc) is 2.58. The van der Waals surface area contributed by atoms with Crippen molar-refractivity contribution in [1.82, 2.24) is 5.43 Å². The van der Waals surface area contributed by atoms with Crippen molar-refractivity contribution in [1.29, 1.82) is 0 Å². The van der Waals surface area contributed by atoms with Crippen LogP contribution in [0.3, 0.4) is 0 Å². The molecule has 0 unspecified atom stereocenters. The maximum absolute atomic E-state index is 12.1. The Kier molecular flexibility index (Phi) is 4.91. The molecule has 0 radical (unpaired) electrons. The highest BCUT2D eigenvalue weighted by Gasteiger charge is 2.06. The van der Waals surface area contributed by atoms with Crippen LogP contribution >= 0.6 is 15.9 Å². The summed E-state index contributed by atoms with van der Waals surface area (Å²) >= 11 is 3.36. The highest BCUT2D eigenvalue weighted by molar-refractivity contribution is 9.10. The van der Waals surface area contributed by atoms with Crippen molar-refractivity contribution >= 4 is 38.8 Å². The van der Waals surface area contributed by atoms with Gasteiger partial charge in [-0.25, -0.2) is 5.43 Å². The molecule has 0 heterocycles. The molecule has 0 fully saturated rings. The van der Waals surface area contributed by atoms with Crippen LogP contribution in [0.15, 0.2) is 70.2 Å². The number of fused-ring (bicyclic) bond motifs is 1. The first-order valence-corrected chi connectivity index (χ1v) is 8.20. The lowest BCUT2D eigenvalue weighted by Gasteiger charge is -2.05. The van der Waals surface area contributed by atoms with E-state index in [1.165, 1.54) is 6.21 Å². The number of hydrazone groups is 1. The van der Waals surface area contributed by atoms with E-state index in [-0.39, 0.29) is 18.1 Å². The monoisotopic (exact) mass is 382 g/mol. The Hall–Kier alpha value is -2.66. The smallest absolute Gasteiger partial charge is 0.244 e.